The zero-order valence-electron chi connectivity index (χ0n) is 13.6. The molecule has 5 nitrogen and oxygen atoms in total. The van der Waals surface area contributed by atoms with Crippen molar-refractivity contribution < 1.29 is 9.59 Å². The number of carbonyl (C=O) groups excluding carboxylic acids is 2. The van der Waals surface area contributed by atoms with E-state index in [4.69, 9.17) is 11.6 Å². The monoisotopic (exact) mass is 365 g/mol. The standard InChI is InChI=1S/C17H20ClN3O2S/c1-21(2)15(13-7-8-24-11-13)10-20-17(23)16(22)19-9-12-5-3-4-6-14(12)18/h3-8,11,15H,9-10H2,1-2H3,(H,19,22)(H,20,23)/t15-/m1/s1. The maximum Gasteiger partial charge on any atom is 0.309 e. The van der Waals surface area contributed by atoms with Crippen molar-refractivity contribution in [3.05, 3.63) is 57.2 Å². The van der Waals surface area contributed by atoms with Crippen molar-refractivity contribution in [2.24, 2.45) is 0 Å². The molecule has 0 radical (unpaired) electrons. The van der Waals surface area contributed by atoms with Crippen molar-refractivity contribution in [3.8, 4) is 0 Å². The Morgan fingerprint density at radius 3 is 2.50 bits per heavy atom. The van der Waals surface area contributed by atoms with Crippen molar-refractivity contribution >= 4 is 34.8 Å². The summed E-state index contributed by atoms with van der Waals surface area (Å²) < 4.78 is 0. The molecule has 24 heavy (non-hydrogen) atoms. The molecule has 0 unspecified atom stereocenters. The molecule has 0 bridgehead atoms. The lowest BCUT2D eigenvalue weighted by Gasteiger charge is -2.23. The van der Waals surface area contributed by atoms with Gasteiger partial charge in [0.25, 0.3) is 0 Å². The Labute approximate surface area is 150 Å². The van der Waals surface area contributed by atoms with Crippen LogP contribution in [0.1, 0.15) is 17.2 Å². The van der Waals surface area contributed by atoms with E-state index in [0.717, 1.165) is 11.1 Å². The average Bonchev–Trinajstić information content (AvgIpc) is 3.07. The Bertz CT molecular complexity index is 689. The van der Waals surface area contributed by atoms with E-state index in [0.29, 0.717) is 11.6 Å². The maximum absolute atomic E-state index is 12.0. The van der Waals surface area contributed by atoms with Crippen molar-refractivity contribution in [2.45, 2.75) is 12.6 Å². The predicted octanol–water partition coefficient (Wildman–Crippen LogP) is 2.44. The molecule has 0 fully saturated rings. The summed E-state index contributed by atoms with van der Waals surface area (Å²) in [6.45, 7) is 0.579. The van der Waals surface area contributed by atoms with Gasteiger partial charge in [0.05, 0.1) is 6.04 Å². The van der Waals surface area contributed by atoms with Gasteiger partial charge in [-0.25, -0.2) is 0 Å². The number of benzene rings is 1. The number of thiophene rings is 1. The van der Waals surface area contributed by atoms with Gasteiger partial charge in [0.15, 0.2) is 0 Å². The van der Waals surface area contributed by atoms with Gasteiger partial charge in [-0.15, -0.1) is 0 Å². The largest absolute Gasteiger partial charge is 0.346 e. The van der Waals surface area contributed by atoms with Crippen LogP contribution < -0.4 is 10.6 Å². The molecule has 1 atom stereocenters. The molecule has 2 N–H and O–H groups in total. The average molecular weight is 366 g/mol. The number of rotatable bonds is 6. The highest BCUT2D eigenvalue weighted by Gasteiger charge is 2.19. The normalized spacial score (nSPS) is 12.0. The molecule has 0 aliphatic heterocycles. The number of hydrogen-bond acceptors (Lipinski definition) is 4. The van der Waals surface area contributed by atoms with Gasteiger partial charge in [-0.3, -0.25) is 9.59 Å². The minimum atomic E-state index is -0.669. The molecule has 1 heterocycles. The first-order chi connectivity index (χ1) is 11.5. The van der Waals surface area contributed by atoms with E-state index in [1.165, 1.54) is 0 Å². The molecule has 0 saturated heterocycles. The Balaban J connectivity index is 1.85. The number of amides is 2. The smallest absolute Gasteiger partial charge is 0.309 e. The molecule has 1 aromatic heterocycles. The Morgan fingerprint density at radius 1 is 1.17 bits per heavy atom. The van der Waals surface area contributed by atoms with Gasteiger partial charge >= 0.3 is 11.8 Å². The summed E-state index contributed by atoms with van der Waals surface area (Å²) in [5.74, 6) is -1.32. The van der Waals surface area contributed by atoms with Gasteiger partial charge in [0.2, 0.25) is 0 Å². The van der Waals surface area contributed by atoms with E-state index in [1.54, 1.807) is 23.5 Å². The first-order valence-corrected chi connectivity index (χ1v) is 8.79. The quantitative estimate of drug-likeness (QED) is 0.773. The fourth-order valence-corrected chi connectivity index (χ4v) is 3.14. The second-order valence-corrected chi connectivity index (χ2v) is 6.71. The van der Waals surface area contributed by atoms with Gasteiger partial charge in [-0.1, -0.05) is 29.8 Å². The molecule has 128 valence electrons. The number of carbonyl (C=O) groups is 2. The van der Waals surface area contributed by atoms with Crippen LogP contribution in [0.5, 0.6) is 0 Å². The zero-order chi connectivity index (χ0) is 17.5. The van der Waals surface area contributed by atoms with Crippen molar-refractivity contribution in [2.75, 3.05) is 20.6 Å². The van der Waals surface area contributed by atoms with Crippen LogP contribution in [-0.2, 0) is 16.1 Å². The van der Waals surface area contributed by atoms with Crippen LogP contribution in [0.25, 0.3) is 0 Å². The van der Waals surface area contributed by atoms with Crippen molar-refractivity contribution in [1.82, 2.24) is 15.5 Å². The molecule has 2 aromatic rings. The Hall–Kier alpha value is -1.89. The van der Waals surface area contributed by atoms with Gasteiger partial charge < -0.3 is 15.5 Å². The summed E-state index contributed by atoms with van der Waals surface area (Å²) in [7, 11) is 3.87. The second-order valence-electron chi connectivity index (χ2n) is 5.52. The van der Waals surface area contributed by atoms with E-state index >= 15 is 0 Å². The zero-order valence-corrected chi connectivity index (χ0v) is 15.2. The fourth-order valence-electron chi connectivity index (χ4n) is 2.23. The number of hydrogen-bond donors (Lipinski definition) is 2. The van der Waals surface area contributed by atoms with Crippen LogP contribution in [0.4, 0.5) is 0 Å². The number of halogens is 1. The van der Waals surface area contributed by atoms with E-state index < -0.39 is 11.8 Å². The molecular weight excluding hydrogens is 346 g/mol. The summed E-state index contributed by atoms with van der Waals surface area (Å²) in [6.07, 6.45) is 0. The number of nitrogens with zero attached hydrogens (tertiary/aromatic N) is 1. The third kappa shape index (κ3) is 5.06. The molecule has 0 spiro atoms. The highest BCUT2D eigenvalue weighted by Crippen LogP contribution is 2.19. The Kier molecular flexibility index (Phi) is 6.78. The van der Waals surface area contributed by atoms with Crippen molar-refractivity contribution in [1.29, 1.82) is 0 Å². The first kappa shape index (κ1) is 18.4. The topological polar surface area (TPSA) is 61.4 Å². The second kappa shape index (κ2) is 8.82. The molecule has 7 heteroatoms. The Morgan fingerprint density at radius 2 is 1.88 bits per heavy atom. The highest BCUT2D eigenvalue weighted by atomic mass is 35.5. The third-order valence-corrected chi connectivity index (χ3v) is 4.68. The summed E-state index contributed by atoms with van der Waals surface area (Å²) in [6, 6.07) is 9.22. The summed E-state index contributed by atoms with van der Waals surface area (Å²) in [4.78, 5) is 25.9. The molecule has 0 aliphatic rings. The summed E-state index contributed by atoms with van der Waals surface area (Å²) in [5.41, 5.74) is 1.88. The minimum Gasteiger partial charge on any atom is -0.346 e. The van der Waals surface area contributed by atoms with Crippen LogP contribution in [0.2, 0.25) is 5.02 Å². The highest BCUT2D eigenvalue weighted by molar-refractivity contribution is 7.07. The lowest BCUT2D eigenvalue weighted by Crippen LogP contribution is -2.42. The van der Waals surface area contributed by atoms with Gasteiger partial charge in [-0.2, -0.15) is 11.3 Å². The SMILES string of the molecule is CN(C)[C@H](CNC(=O)C(=O)NCc1ccccc1Cl)c1ccsc1. The summed E-state index contributed by atoms with van der Waals surface area (Å²) in [5, 5.41) is 9.85. The lowest BCUT2D eigenvalue weighted by atomic mass is 10.1. The third-order valence-electron chi connectivity index (χ3n) is 3.61. The van der Waals surface area contributed by atoms with Crippen molar-refractivity contribution in [3.63, 3.8) is 0 Å². The molecular formula is C17H20ClN3O2S. The van der Waals surface area contributed by atoms with Gasteiger partial charge in [-0.05, 0) is 48.1 Å². The van der Waals surface area contributed by atoms with Crippen LogP contribution in [0, 0.1) is 0 Å². The number of likely N-dealkylation sites (N-methyl/N-ethyl adjacent to an activating group) is 1. The van der Waals surface area contributed by atoms with Crippen LogP contribution in [0.3, 0.4) is 0 Å². The molecule has 1 aromatic carbocycles. The predicted molar refractivity (Wildman–Crippen MR) is 97.1 cm³/mol. The maximum atomic E-state index is 12.0. The molecule has 0 saturated carbocycles. The van der Waals surface area contributed by atoms with E-state index in [2.05, 4.69) is 10.6 Å². The van der Waals surface area contributed by atoms with Crippen LogP contribution in [0.15, 0.2) is 41.1 Å². The first-order valence-electron chi connectivity index (χ1n) is 7.47. The van der Waals surface area contributed by atoms with Crippen LogP contribution in [-0.4, -0.2) is 37.4 Å². The summed E-state index contributed by atoms with van der Waals surface area (Å²) >= 11 is 7.63. The number of nitrogens with one attached hydrogen (secondary N) is 2. The fraction of sp³-hybridized carbons (Fsp3) is 0.294. The van der Waals surface area contributed by atoms with E-state index in [1.807, 2.05) is 48.0 Å². The molecule has 2 amide bonds. The van der Waals surface area contributed by atoms with Crippen LogP contribution >= 0.6 is 22.9 Å². The van der Waals surface area contributed by atoms with E-state index in [9.17, 15) is 9.59 Å². The molecule has 2 rings (SSSR count). The van der Waals surface area contributed by atoms with E-state index in [-0.39, 0.29) is 12.6 Å². The minimum absolute atomic E-state index is 0.0246. The lowest BCUT2D eigenvalue weighted by molar-refractivity contribution is -0.139. The van der Waals surface area contributed by atoms with Gasteiger partial charge in [0.1, 0.15) is 0 Å². The van der Waals surface area contributed by atoms with Gasteiger partial charge in [0, 0.05) is 18.1 Å². The molecule has 0 aliphatic carbocycles.